The maximum atomic E-state index is 12.7. The summed E-state index contributed by atoms with van der Waals surface area (Å²) in [7, 11) is 0. The van der Waals surface area contributed by atoms with E-state index in [1.165, 1.54) is 0 Å². The van der Waals surface area contributed by atoms with Crippen LogP contribution in [0.15, 0.2) is 84.9 Å². The van der Waals surface area contributed by atoms with E-state index in [0.29, 0.717) is 30.5 Å². The van der Waals surface area contributed by atoms with Gasteiger partial charge in [-0.3, -0.25) is 10.9 Å². The first-order chi connectivity index (χ1) is 16.7. The summed E-state index contributed by atoms with van der Waals surface area (Å²) in [6, 6.07) is 26.8. The molecule has 0 atom stereocenters. The number of rotatable bonds is 9. The maximum Gasteiger partial charge on any atom is 0.337 e. The molecule has 4 aromatic rings. The van der Waals surface area contributed by atoms with Crippen molar-refractivity contribution in [2.45, 2.75) is 0 Å². The van der Waals surface area contributed by atoms with Gasteiger partial charge in [-0.25, -0.2) is 9.78 Å². The zero-order valence-electron chi connectivity index (χ0n) is 18.5. The van der Waals surface area contributed by atoms with Gasteiger partial charge in [-0.05, 0) is 36.4 Å². The number of hydrogen-bond donors (Lipinski definition) is 3. The average molecular weight is 494 g/mol. The van der Waals surface area contributed by atoms with Gasteiger partial charge in [-0.2, -0.15) is 0 Å². The molecule has 0 spiro atoms. The van der Waals surface area contributed by atoms with Crippen molar-refractivity contribution in [3.8, 4) is 11.3 Å². The highest BCUT2D eigenvalue weighted by molar-refractivity contribution is 6.18. The molecule has 0 saturated carbocycles. The molecule has 0 aliphatic heterocycles. The van der Waals surface area contributed by atoms with E-state index in [1.54, 1.807) is 0 Å². The minimum atomic E-state index is -0.384. The molecule has 0 unspecified atom stereocenters. The minimum Gasteiger partial charge on any atom is -0.369 e. The third-order valence-electron chi connectivity index (χ3n) is 5.30. The van der Waals surface area contributed by atoms with Gasteiger partial charge in [0, 0.05) is 41.5 Å². The van der Waals surface area contributed by atoms with Crippen LogP contribution in [0, 0.1) is 0 Å². The Morgan fingerprint density at radius 3 is 2.24 bits per heavy atom. The van der Waals surface area contributed by atoms with Gasteiger partial charge in [0.1, 0.15) is 0 Å². The Hall–Kier alpha value is -3.48. The first kappa shape index (κ1) is 23.7. The topological polar surface area (TPSA) is 69.3 Å². The lowest BCUT2D eigenvalue weighted by Crippen LogP contribution is -2.33. The number of nitrogens with one attached hydrogen (secondary N) is 3. The molecule has 174 valence electrons. The summed E-state index contributed by atoms with van der Waals surface area (Å²) in [5.41, 5.74) is 10.7. The molecule has 0 radical (unpaired) electrons. The van der Waals surface area contributed by atoms with Crippen molar-refractivity contribution in [3.05, 3.63) is 84.9 Å². The van der Waals surface area contributed by atoms with E-state index in [-0.39, 0.29) is 6.03 Å². The number of para-hydroxylation sites is 1. The Bertz CT molecular complexity index is 1230. The van der Waals surface area contributed by atoms with E-state index < -0.39 is 0 Å². The summed E-state index contributed by atoms with van der Waals surface area (Å²) >= 11 is 11.8. The Morgan fingerprint density at radius 1 is 0.853 bits per heavy atom. The number of carbonyl (C=O) groups is 1. The molecule has 0 aliphatic carbocycles. The van der Waals surface area contributed by atoms with E-state index in [4.69, 9.17) is 28.2 Å². The van der Waals surface area contributed by atoms with Gasteiger partial charge >= 0.3 is 6.03 Å². The highest BCUT2D eigenvalue weighted by Crippen LogP contribution is 2.28. The normalized spacial score (nSPS) is 10.6. The first-order valence-corrected chi connectivity index (χ1v) is 12.0. The van der Waals surface area contributed by atoms with Crippen molar-refractivity contribution in [1.82, 2.24) is 10.4 Å². The molecule has 0 aliphatic rings. The van der Waals surface area contributed by atoms with Gasteiger partial charge in [-0.15, -0.1) is 23.2 Å². The van der Waals surface area contributed by atoms with Gasteiger partial charge in [0.15, 0.2) is 0 Å². The molecule has 3 N–H and O–H groups in total. The number of hydrogen-bond acceptors (Lipinski definition) is 4. The smallest absolute Gasteiger partial charge is 0.337 e. The summed E-state index contributed by atoms with van der Waals surface area (Å²) in [4.78, 5) is 19.5. The molecule has 6 nitrogen and oxygen atoms in total. The van der Waals surface area contributed by atoms with Crippen molar-refractivity contribution < 1.29 is 4.79 Å². The molecule has 1 aromatic heterocycles. The van der Waals surface area contributed by atoms with E-state index in [9.17, 15) is 4.79 Å². The standard InChI is InChI=1S/C26H25Cl2N5O/c27-14-16-33(17-15-28)21-12-10-20(11-13-21)31-32-26(34)30-25-18-24(19-6-2-1-3-7-19)29-23-9-5-4-8-22(23)25/h1-13,18,31H,14-17H2,(H2,29,30,32,34). The fourth-order valence-corrected chi connectivity index (χ4v) is 4.06. The Kier molecular flexibility index (Phi) is 8.07. The number of alkyl halides is 2. The summed E-state index contributed by atoms with van der Waals surface area (Å²) in [5.74, 6) is 1.04. The molecule has 8 heteroatoms. The number of hydrazine groups is 1. The van der Waals surface area contributed by atoms with Crippen LogP contribution in [0.1, 0.15) is 0 Å². The average Bonchev–Trinajstić information content (AvgIpc) is 2.88. The Labute approximate surface area is 208 Å². The molecular weight excluding hydrogens is 469 g/mol. The van der Waals surface area contributed by atoms with Crippen molar-refractivity contribution >= 4 is 57.2 Å². The van der Waals surface area contributed by atoms with Crippen LogP contribution in [0.4, 0.5) is 21.9 Å². The second kappa shape index (κ2) is 11.6. The number of benzene rings is 3. The predicted octanol–water partition coefficient (Wildman–Crippen LogP) is 6.33. The highest BCUT2D eigenvalue weighted by Gasteiger charge is 2.10. The van der Waals surface area contributed by atoms with E-state index in [0.717, 1.165) is 33.5 Å². The number of carbonyl (C=O) groups excluding carboxylic acids is 1. The van der Waals surface area contributed by atoms with Crippen LogP contribution >= 0.6 is 23.2 Å². The number of halogens is 2. The number of pyridine rings is 1. The zero-order valence-corrected chi connectivity index (χ0v) is 20.0. The number of aromatic nitrogens is 1. The SMILES string of the molecule is O=C(NNc1ccc(N(CCCl)CCCl)cc1)Nc1cc(-c2ccccc2)nc2ccccc12. The molecular formula is C26H25Cl2N5O. The van der Waals surface area contributed by atoms with Gasteiger partial charge in [0.25, 0.3) is 0 Å². The Balaban J connectivity index is 1.45. The molecule has 0 saturated heterocycles. The van der Waals surface area contributed by atoms with E-state index >= 15 is 0 Å². The molecule has 1 heterocycles. The number of fused-ring (bicyclic) bond motifs is 1. The largest absolute Gasteiger partial charge is 0.369 e. The van der Waals surface area contributed by atoms with Crippen LogP contribution in [-0.4, -0.2) is 35.9 Å². The van der Waals surface area contributed by atoms with Crippen LogP contribution in [0.25, 0.3) is 22.2 Å². The first-order valence-electron chi connectivity index (χ1n) is 10.9. The van der Waals surface area contributed by atoms with Gasteiger partial charge in [0.2, 0.25) is 0 Å². The fourth-order valence-electron chi connectivity index (χ4n) is 3.65. The van der Waals surface area contributed by atoms with Crippen molar-refractivity contribution in [2.24, 2.45) is 0 Å². The molecule has 3 aromatic carbocycles. The lowest BCUT2D eigenvalue weighted by Gasteiger charge is -2.23. The molecule has 4 rings (SSSR count). The summed E-state index contributed by atoms with van der Waals surface area (Å²) in [6.07, 6.45) is 0. The van der Waals surface area contributed by atoms with Crippen LogP contribution in [0.5, 0.6) is 0 Å². The minimum absolute atomic E-state index is 0.384. The van der Waals surface area contributed by atoms with Gasteiger partial charge < -0.3 is 10.2 Å². The number of nitrogens with zero attached hydrogens (tertiary/aromatic N) is 2. The fraction of sp³-hybridized carbons (Fsp3) is 0.154. The quantitative estimate of drug-likeness (QED) is 0.188. The van der Waals surface area contributed by atoms with Crippen molar-refractivity contribution in [1.29, 1.82) is 0 Å². The maximum absolute atomic E-state index is 12.7. The molecule has 2 amide bonds. The number of anilines is 3. The Morgan fingerprint density at radius 2 is 1.53 bits per heavy atom. The summed E-state index contributed by atoms with van der Waals surface area (Å²) in [5, 5.41) is 3.80. The highest BCUT2D eigenvalue weighted by atomic mass is 35.5. The van der Waals surface area contributed by atoms with Crippen LogP contribution in [0.3, 0.4) is 0 Å². The van der Waals surface area contributed by atoms with E-state index in [2.05, 4.69) is 21.1 Å². The third-order valence-corrected chi connectivity index (χ3v) is 5.63. The van der Waals surface area contributed by atoms with Crippen LogP contribution < -0.4 is 21.1 Å². The monoisotopic (exact) mass is 493 g/mol. The summed E-state index contributed by atoms with van der Waals surface area (Å²) < 4.78 is 0. The predicted molar refractivity (Wildman–Crippen MR) is 143 cm³/mol. The molecule has 0 fully saturated rings. The second-order valence-electron chi connectivity index (χ2n) is 7.55. The second-order valence-corrected chi connectivity index (χ2v) is 8.31. The lowest BCUT2D eigenvalue weighted by atomic mass is 10.1. The van der Waals surface area contributed by atoms with E-state index in [1.807, 2.05) is 84.9 Å². The van der Waals surface area contributed by atoms with Gasteiger partial charge in [0.05, 0.1) is 22.6 Å². The number of amides is 2. The van der Waals surface area contributed by atoms with Crippen LogP contribution in [-0.2, 0) is 0 Å². The zero-order chi connectivity index (χ0) is 23.8. The van der Waals surface area contributed by atoms with Crippen molar-refractivity contribution in [2.75, 3.05) is 40.5 Å². The third kappa shape index (κ3) is 5.90. The summed E-state index contributed by atoms with van der Waals surface area (Å²) in [6.45, 7) is 1.43. The lowest BCUT2D eigenvalue weighted by molar-refractivity contribution is 0.254. The molecule has 0 bridgehead atoms. The van der Waals surface area contributed by atoms with Gasteiger partial charge in [-0.1, -0.05) is 48.5 Å². The van der Waals surface area contributed by atoms with Crippen LogP contribution in [0.2, 0.25) is 0 Å². The molecule has 34 heavy (non-hydrogen) atoms. The van der Waals surface area contributed by atoms with Crippen molar-refractivity contribution in [3.63, 3.8) is 0 Å². The number of urea groups is 1.